The Morgan fingerprint density at radius 2 is 2.03 bits per heavy atom. The fourth-order valence-electron chi connectivity index (χ4n) is 2.86. The van der Waals surface area contributed by atoms with Crippen molar-refractivity contribution in [1.29, 1.82) is 0 Å². The number of benzene rings is 1. The third kappa shape index (κ3) is 4.69. The van der Waals surface area contributed by atoms with E-state index in [-0.39, 0.29) is 25.7 Å². The van der Waals surface area contributed by atoms with Gasteiger partial charge in [-0.2, -0.15) is 0 Å². The number of hydrogen-bond acceptors (Lipinski definition) is 7. The van der Waals surface area contributed by atoms with E-state index in [0.29, 0.717) is 31.4 Å². The van der Waals surface area contributed by atoms with Gasteiger partial charge in [0.2, 0.25) is 5.91 Å². The second-order valence-corrected chi connectivity index (χ2v) is 7.99. The van der Waals surface area contributed by atoms with Crippen LogP contribution in [0.1, 0.15) is 20.8 Å². The number of rotatable bonds is 7. The van der Waals surface area contributed by atoms with Crippen molar-refractivity contribution in [3.63, 3.8) is 0 Å². The summed E-state index contributed by atoms with van der Waals surface area (Å²) in [5.74, 6) is -0.912. The molecular formula is C20H20ClN3O5S. The summed E-state index contributed by atoms with van der Waals surface area (Å²) in [6, 6.07) is 5.11. The second-order valence-electron chi connectivity index (χ2n) is 6.55. The molecule has 2 heterocycles. The van der Waals surface area contributed by atoms with Crippen molar-refractivity contribution in [3.05, 3.63) is 55.9 Å². The second kappa shape index (κ2) is 9.38. The van der Waals surface area contributed by atoms with E-state index in [4.69, 9.17) is 21.1 Å². The van der Waals surface area contributed by atoms with Gasteiger partial charge in [0, 0.05) is 17.8 Å². The molecule has 0 saturated heterocycles. The van der Waals surface area contributed by atoms with Gasteiger partial charge in [-0.15, -0.1) is 11.3 Å². The molecule has 0 saturated carbocycles. The Hall–Kier alpha value is -2.75. The molecule has 1 N–H and O–H groups in total. The number of hydrogen-bond donors (Lipinski definition) is 1. The number of thiophene rings is 1. The number of esters is 1. The molecule has 0 atom stereocenters. The molecule has 0 radical (unpaired) electrons. The maximum absolute atomic E-state index is 12.9. The van der Waals surface area contributed by atoms with Crippen LogP contribution < -0.4 is 10.9 Å². The van der Waals surface area contributed by atoms with Crippen LogP contribution in [-0.4, -0.2) is 41.8 Å². The lowest BCUT2D eigenvalue weighted by Gasteiger charge is -2.10. The fraction of sp³-hybridized carbons (Fsp3) is 0.300. The van der Waals surface area contributed by atoms with Crippen molar-refractivity contribution in [2.75, 3.05) is 25.6 Å². The van der Waals surface area contributed by atoms with Crippen molar-refractivity contribution >= 4 is 50.7 Å². The van der Waals surface area contributed by atoms with Crippen LogP contribution in [0.3, 0.4) is 0 Å². The van der Waals surface area contributed by atoms with Gasteiger partial charge in [0.15, 0.2) is 0 Å². The molecule has 0 unspecified atom stereocenters. The minimum Gasteiger partial charge on any atom is -0.459 e. The van der Waals surface area contributed by atoms with Crippen molar-refractivity contribution in [3.8, 4) is 0 Å². The van der Waals surface area contributed by atoms with Gasteiger partial charge in [-0.25, -0.2) is 9.78 Å². The van der Waals surface area contributed by atoms with Gasteiger partial charge in [0.05, 0.1) is 18.3 Å². The Balaban J connectivity index is 1.82. The number of anilines is 1. The minimum atomic E-state index is -0.533. The lowest BCUT2D eigenvalue weighted by molar-refractivity contribution is -0.116. The van der Waals surface area contributed by atoms with E-state index in [2.05, 4.69) is 10.3 Å². The Kier molecular flexibility index (Phi) is 6.86. The summed E-state index contributed by atoms with van der Waals surface area (Å²) >= 11 is 7.01. The number of aromatic nitrogens is 2. The number of methoxy groups -OCH3 is 1. The van der Waals surface area contributed by atoms with Gasteiger partial charge in [0.1, 0.15) is 22.9 Å². The van der Waals surface area contributed by atoms with Crippen LogP contribution in [-0.2, 0) is 20.8 Å². The summed E-state index contributed by atoms with van der Waals surface area (Å²) in [6.07, 6.45) is 1.30. The fourth-order valence-corrected chi connectivity index (χ4v) is 4.12. The van der Waals surface area contributed by atoms with Crippen LogP contribution in [0.4, 0.5) is 5.69 Å². The van der Waals surface area contributed by atoms with Gasteiger partial charge in [0.25, 0.3) is 5.56 Å². The number of fused-ring (bicyclic) bond motifs is 1. The Morgan fingerprint density at radius 1 is 1.27 bits per heavy atom. The molecule has 8 nitrogen and oxygen atoms in total. The van der Waals surface area contributed by atoms with E-state index in [0.717, 1.165) is 16.9 Å². The van der Waals surface area contributed by atoms with Crippen molar-refractivity contribution in [1.82, 2.24) is 9.55 Å². The van der Waals surface area contributed by atoms with Crippen LogP contribution in [0.25, 0.3) is 10.2 Å². The average molecular weight is 450 g/mol. The molecule has 1 aromatic carbocycles. The highest BCUT2D eigenvalue weighted by Crippen LogP contribution is 2.27. The largest absolute Gasteiger partial charge is 0.459 e. The maximum Gasteiger partial charge on any atom is 0.348 e. The number of carbonyl (C=O) groups is 2. The van der Waals surface area contributed by atoms with Crippen LogP contribution in [0.15, 0.2) is 29.3 Å². The molecule has 0 spiro atoms. The topological polar surface area (TPSA) is 99.5 Å². The van der Waals surface area contributed by atoms with Crippen LogP contribution >= 0.6 is 22.9 Å². The molecule has 0 fully saturated rings. The smallest absolute Gasteiger partial charge is 0.348 e. The van der Waals surface area contributed by atoms with Crippen molar-refractivity contribution in [2.24, 2.45) is 0 Å². The zero-order valence-corrected chi connectivity index (χ0v) is 18.2. The maximum atomic E-state index is 12.9. The lowest BCUT2D eigenvalue weighted by atomic mass is 10.2. The van der Waals surface area contributed by atoms with Crippen molar-refractivity contribution < 1.29 is 19.1 Å². The zero-order chi connectivity index (χ0) is 21.8. The predicted octanol–water partition coefficient (Wildman–Crippen LogP) is 3.17. The van der Waals surface area contributed by atoms with Crippen LogP contribution in [0, 0.1) is 13.8 Å². The molecule has 158 valence electrons. The first kappa shape index (κ1) is 21.9. The molecule has 2 aromatic heterocycles. The Morgan fingerprint density at radius 3 is 2.73 bits per heavy atom. The van der Waals surface area contributed by atoms with Gasteiger partial charge < -0.3 is 14.8 Å². The number of aryl methyl sites for hydroxylation is 2. The van der Waals surface area contributed by atoms with Crippen molar-refractivity contribution in [2.45, 2.75) is 20.4 Å². The van der Waals surface area contributed by atoms with Gasteiger partial charge in [-0.3, -0.25) is 14.2 Å². The quantitative estimate of drug-likeness (QED) is 0.439. The van der Waals surface area contributed by atoms with E-state index in [1.54, 1.807) is 25.1 Å². The molecule has 0 aliphatic rings. The third-order valence-corrected chi connectivity index (χ3v) is 5.81. The molecule has 10 heteroatoms. The molecule has 0 bridgehead atoms. The number of nitrogens with one attached hydrogen (secondary N) is 1. The van der Waals surface area contributed by atoms with Crippen LogP contribution in [0.5, 0.6) is 0 Å². The first-order valence-corrected chi connectivity index (χ1v) is 10.2. The first-order chi connectivity index (χ1) is 14.3. The zero-order valence-electron chi connectivity index (χ0n) is 16.7. The summed E-state index contributed by atoms with van der Waals surface area (Å²) in [7, 11) is 1.51. The molecule has 0 aliphatic heterocycles. The molecule has 0 aliphatic carbocycles. The first-order valence-electron chi connectivity index (χ1n) is 9.02. The summed E-state index contributed by atoms with van der Waals surface area (Å²) < 4.78 is 11.2. The highest BCUT2D eigenvalue weighted by molar-refractivity contribution is 7.20. The summed E-state index contributed by atoms with van der Waals surface area (Å²) in [5, 5.41) is 3.63. The van der Waals surface area contributed by atoms with Gasteiger partial charge in [-0.05, 0) is 43.2 Å². The molecule has 3 rings (SSSR count). The predicted molar refractivity (Wildman–Crippen MR) is 116 cm³/mol. The number of halogens is 1. The average Bonchev–Trinajstić information content (AvgIpc) is 3.04. The SMILES string of the molecule is COCCOC(=O)c1sc2ncn(CC(=O)Nc3ccc(Cl)cc3C)c(=O)c2c1C. The highest BCUT2D eigenvalue weighted by atomic mass is 35.5. The normalized spacial score (nSPS) is 10.9. The monoisotopic (exact) mass is 449 g/mol. The number of carbonyl (C=O) groups excluding carboxylic acids is 2. The summed E-state index contributed by atoms with van der Waals surface area (Å²) in [6.45, 7) is 3.67. The lowest BCUT2D eigenvalue weighted by Crippen LogP contribution is -2.28. The standard InChI is InChI=1S/C20H20ClN3O5S/c1-11-8-13(21)4-5-14(11)23-15(25)9-24-10-22-18-16(19(24)26)12(2)17(30-18)20(27)29-7-6-28-3/h4-5,8,10H,6-7,9H2,1-3H3,(H,23,25). The Bertz CT molecular complexity index is 1170. The summed E-state index contributed by atoms with van der Waals surface area (Å²) in [5.41, 5.74) is 1.51. The molecular weight excluding hydrogens is 430 g/mol. The van der Waals surface area contributed by atoms with Gasteiger partial charge in [-0.1, -0.05) is 11.6 Å². The van der Waals surface area contributed by atoms with E-state index in [1.165, 1.54) is 18.0 Å². The van der Waals surface area contributed by atoms with Crippen LogP contribution in [0.2, 0.25) is 5.02 Å². The van der Waals surface area contributed by atoms with E-state index in [9.17, 15) is 14.4 Å². The molecule has 1 amide bonds. The number of nitrogens with zero attached hydrogens (tertiary/aromatic N) is 2. The minimum absolute atomic E-state index is 0.116. The van der Waals surface area contributed by atoms with E-state index >= 15 is 0 Å². The van der Waals surface area contributed by atoms with E-state index < -0.39 is 11.5 Å². The molecule has 30 heavy (non-hydrogen) atoms. The van der Waals surface area contributed by atoms with Gasteiger partial charge >= 0.3 is 5.97 Å². The highest BCUT2D eigenvalue weighted by Gasteiger charge is 2.21. The molecule has 3 aromatic rings. The summed E-state index contributed by atoms with van der Waals surface area (Å²) in [4.78, 5) is 42.6. The van der Waals surface area contributed by atoms with E-state index in [1.807, 2.05) is 6.92 Å². The third-order valence-electron chi connectivity index (χ3n) is 4.40. The Labute approximate surface area is 181 Å². The number of ether oxygens (including phenoxy) is 2. The number of amides is 1.